The standard InChI is InChI=1S/C22H37NO3S/c1-6-26-21(25)16(23)11-27-12(2)9-17(24)20-18-13(3)15-8-7-14(19(15)18)10-22(20,4)5/h12-16,18-20H,6-11,23H2,1-5H3/t12?,13?,14-,15?,16?,18?,19-,20?/m0/s1. The van der Waals surface area contributed by atoms with E-state index in [4.69, 9.17) is 10.5 Å². The normalized spacial score (nSPS) is 38.4. The molecule has 27 heavy (non-hydrogen) atoms. The molecule has 3 fully saturated rings. The van der Waals surface area contributed by atoms with Crippen molar-refractivity contribution in [2.45, 2.75) is 71.6 Å². The lowest BCUT2D eigenvalue weighted by Gasteiger charge is -2.60. The van der Waals surface area contributed by atoms with Crippen LogP contribution in [0.1, 0.15) is 60.3 Å². The molecule has 3 aliphatic carbocycles. The largest absolute Gasteiger partial charge is 0.465 e. The Labute approximate surface area is 168 Å². The molecule has 0 radical (unpaired) electrons. The molecule has 0 saturated heterocycles. The molecule has 0 bridgehead atoms. The maximum atomic E-state index is 13.3. The Morgan fingerprint density at radius 2 is 1.96 bits per heavy atom. The van der Waals surface area contributed by atoms with Crippen molar-refractivity contribution in [3.05, 3.63) is 0 Å². The summed E-state index contributed by atoms with van der Waals surface area (Å²) in [5, 5.41) is 0.182. The first-order valence-corrected chi connectivity index (χ1v) is 11.8. The Bertz CT molecular complexity index is 578. The number of carbonyl (C=O) groups excluding carboxylic acids is 2. The molecule has 0 heterocycles. The molecule has 0 aromatic carbocycles. The molecule has 3 saturated carbocycles. The summed E-state index contributed by atoms with van der Waals surface area (Å²) in [5.41, 5.74) is 6.00. The van der Waals surface area contributed by atoms with Gasteiger partial charge < -0.3 is 10.5 Å². The molecule has 6 unspecified atom stereocenters. The molecule has 0 spiro atoms. The average molecular weight is 396 g/mol. The van der Waals surface area contributed by atoms with Gasteiger partial charge in [0.1, 0.15) is 11.8 Å². The number of ether oxygens (including phenoxy) is 1. The van der Waals surface area contributed by atoms with E-state index in [1.165, 1.54) is 19.3 Å². The summed E-state index contributed by atoms with van der Waals surface area (Å²) in [6.07, 6.45) is 4.54. The van der Waals surface area contributed by atoms with Gasteiger partial charge in [-0.2, -0.15) is 11.8 Å². The molecule has 3 rings (SSSR count). The second kappa shape index (κ2) is 8.06. The smallest absolute Gasteiger partial charge is 0.323 e. The number of rotatable bonds is 8. The SMILES string of the molecule is CCOC(=O)C(N)CSC(C)CC(=O)C1C2C(C)C3CC[C@@H](CC1(C)C)[C@@H]32. The zero-order chi connectivity index (χ0) is 19.9. The summed E-state index contributed by atoms with van der Waals surface area (Å²) in [6, 6.07) is -0.606. The van der Waals surface area contributed by atoms with Crippen LogP contribution in [0.3, 0.4) is 0 Å². The van der Waals surface area contributed by atoms with Gasteiger partial charge in [-0.3, -0.25) is 9.59 Å². The fraction of sp³-hybridized carbons (Fsp3) is 0.909. The van der Waals surface area contributed by atoms with Crippen molar-refractivity contribution in [3.63, 3.8) is 0 Å². The molecule has 3 aliphatic rings. The number of nitrogens with two attached hydrogens (primary N) is 1. The number of Topliss-reactive ketones (excluding diaryl/α,β-unsaturated/α-hetero) is 1. The molecule has 0 aromatic rings. The molecule has 0 aromatic heterocycles. The van der Waals surface area contributed by atoms with E-state index in [2.05, 4.69) is 27.7 Å². The van der Waals surface area contributed by atoms with Crippen LogP contribution in [0.2, 0.25) is 0 Å². The van der Waals surface area contributed by atoms with Gasteiger partial charge >= 0.3 is 5.97 Å². The Kier molecular flexibility index (Phi) is 6.32. The number of thioether (sulfide) groups is 1. The lowest BCUT2D eigenvalue weighted by molar-refractivity contribution is -0.158. The lowest BCUT2D eigenvalue weighted by Crippen LogP contribution is -2.58. The van der Waals surface area contributed by atoms with Crippen LogP contribution in [-0.2, 0) is 14.3 Å². The minimum absolute atomic E-state index is 0.109. The molecule has 8 atom stereocenters. The van der Waals surface area contributed by atoms with E-state index in [-0.39, 0.29) is 22.6 Å². The van der Waals surface area contributed by atoms with E-state index >= 15 is 0 Å². The topological polar surface area (TPSA) is 69.4 Å². The fourth-order valence-corrected chi connectivity index (χ4v) is 7.59. The van der Waals surface area contributed by atoms with Crippen LogP contribution in [-0.4, -0.2) is 35.4 Å². The van der Waals surface area contributed by atoms with Crippen LogP contribution in [0.5, 0.6) is 0 Å². The Balaban J connectivity index is 1.57. The van der Waals surface area contributed by atoms with Crippen LogP contribution in [0.4, 0.5) is 0 Å². The number of carbonyl (C=O) groups is 2. The van der Waals surface area contributed by atoms with Crippen molar-refractivity contribution in [2.75, 3.05) is 12.4 Å². The van der Waals surface area contributed by atoms with Crippen molar-refractivity contribution in [1.29, 1.82) is 0 Å². The first-order chi connectivity index (χ1) is 12.7. The van der Waals surface area contributed by atoms with Gasteiger partial charge in [-0.1, -0.05) is 27.7 Å². The maximum Gasteiger partial charge on any atom is 0.323 e. The van der Waals surface area contributed by atoms with E-state index < -0.39 is 6.04 Å². The van der Waals surface area contributed by atoms with Gasteiger partial charge in [-0.05, 0) is 61.2 Å². The minimum Gasteiger partial charge on any atom is -0.465 e. The summed E-state index contributed by atoms with van der Waals surface area (Å²) in [4.78, 5) is 25.0. The fourth-order valence-electron chi connectivity index (χ4n) is 6.64. The number of hydrogen-bond donors (Lipinski definition) is 1. The highest BCUT2D eigenvalue weighted by molar-refractivity contribution is 7.99. The monoisotopic (exact) mass is 395 g/mol. The molecular formula is C22H37NO3S. The van der Waals surface area contributed by atoms with Crippen molar-refractivity contribution in [3.8, 4) is 0 Å². The summed E-state index contributed by atoms with van der Waals surface area (Å²) >= 11 is 1.62. The average Bonchev–Trinajstić information content (AvgIpc) is 2.97. The second-order valence-electron chi connectivity index (χ2n) is 9.86. The van der Waals surface area contributed by atoms with E-state index in [1.807, 2.05) is 0 Å². The summed E-state index contributed by atoms with van der Waals surface area (Å²) in [6.45, 7) is 11.2. The molecular weight excluding hydrogens is 358 g/mol. The maximum absolute atomic E-state index is 13.3. The highest BCUT2D eigenvalue weighted by Crippen LogP contribution is 2.68. The van der Waals surface area contributed by atoms with Gasteiger partial charge in [0, 0.05) is 23.3 Å². The van der Waals surface area contributed by atoms with Gasteiger partial charge in [0.25, 0.3) is 0 Å². The van der Waals surface area contributed by atoms with Crippen LogP contribution >= 0.6 is 11.8 Å². The molecule has 154 valence electrons. The first kappa shape index (κ1) is 21.2. The predicted molar refractivity (Wildman–Crippen MR) is 110 cm³/mol. The van der Waals surface area contributed by atoms with Crippen LogP contribution < -0.4 is 5.73 Å². The number of hydrogen-bond acceptors (Lipinski definition) is 5. The third kappa shape index (κ3) is 3.96. The highest BCUT2D eigenvalue weighted by Gasteiger charge is 2.64. The number of esters is 1. The van der Waals surface area contributed by atoms with Gasteiger partial charge in [0.15, 0.2) is 0 Å². The quantitative estimate of drug-likeness (QED) is 0.631. The van der Waals surface area contributed by atoms with Crippen molar-refractivity contribution in [1.82, 2.24) is 0 Å². The van der Waals surface area contributed by atoms with Gasteiger partial charge in [0.2, 0.25) is 0 Å². The summed E-state index contributed by atoms with van der Waals surface area (Å²) in [7, 11) is 0. The zero-order valence-electron chi connectivity index (χ0n) is 17.6. The van der Waals surface area contributed by atoms with Crippen molar-refractivity contribution in [2.24, 2.45) is 46.7 Å². The van der Waals surface area contributed by atoms with Crippen molar-refractivity contribution < 1.29 is 14.3 Å². The molecule has 5 heteroatoms. The van der Waals surface area contributed by atoms with Crippen molar-refractivity contribution >= 4 is 23.5 Å². The van der Waals surface area contributed by atoms with Gasteiger partial charge in [0.05, 0.1) is 6.61 Å². The summed E-state index contributed by atoms with van der Waals surface area (Å²) < 4.78 is 4.97. The Hall–Kier alpha value is -0.550. The number of ketones is 1. The van der Waals surface area contributed by atoms with E-state index in [1.54, 1.807) is 18.7 Å². The molecule has 4 nitrogen and oxygen atoms in total. The summed E-state index contributed by atoms with van der Waals surface area (Å²) in [5.74, 6) is 4.63. The molecule has 0 aliphatic heterocycles. The van der Waals surface area contributed by atoms with Crippen LogP contribution in [0.15, 0.2) is 0 Å². The zero-order valence-corrected chi connectivity index (χ0v) is 18.4. The molecule has 2 N–H and O–H groups in total. The van der Waals surface area contributed by atoms with Gasteiger partial charge in [-0.25, -0.2) is 0 Å². The predicted octanol–water partition coefficient (Wildman–Crippen LogP) is 3.91. The third-order valence-corrected chi connectivity index (χ3v) is 8.92. The second-order valence-corrected chi connectivity index (χ2v) is 11.3. The third-order valence-electron chi connectivity index (χ3n) is 7.64. The van der Waals surface area contributed by atoms with Crippen LogP contribution in [0.25, 0.3) is 0 Å². The Morgan fingerprint density at radius 1 is 1.26 bits per heavy atom. The highest BCUT2D eigenvalue weighted by atomic mass is 32.2. The lowest BCUT2D eigenvalue weighted by atomic mass is 9.43. The Morgan fingerprint density at radius 3 is 2.63 bits per heavy atom. The first-order valence-electron chi connectivity index (χ1n) is 10.7. The minimum atomic E-state index is -0.606. The van der Waals surface area contributed by atoms with E-state index in [0.29, 0.717) is 36.4 Å². The molecule has 0 amide bonds. The van der Waals surface area contributed by atoms with E-state index in [9.17, 15) is 9.59 Å². The van der Waals surface area contributed by atoms with E-state index in [0.717, 1.165) is 17.8 Å². The van der Waals surface area contributed by atoms with Gasteiger partial charge in [-0.15, -0.1) is 0 Å². The van der Waals surface area contributed by atoms with Crippen LogP contribution in [0, 0.1) is 40.9 Å².